The highest BCUT2D eigenvalue weighted by atomic mass is 35.5. The summed E-state index contributed by atoms with van der Waals surface area (Å²) in [6.07, 6.45) is 1.16. The molecule has 27 heavy (non-hydrogen) atoms. The monoisotopic (exact) mass is 385 g/mol. The molecule has 0 aliphatic rings. The molecule has 2 aromatic carbocycles. The molecule has 0 aromatic heterocycles. The second-order valence-corrected chi connectivity index (χ2v) is 5.56. The van der Waals surface area contributed by atoms with E-state index < -0.39 is 16.8 Å². The van der Waals surface area contributed by atoms with Gasteiger partial charge in [0.2, 0.25) is 0 Å². The van der Waals surface area contributed by atoms with E-state index in [2.05, 4.69) is 10.1 Å². The number of rotatable bonds is 5. The smallest absolute Gasteiger partial charge is 0.337 e. The van der Waals surface area contributed by atoms with Crippen molar-refractivity contribution >= 4 is 40.9 Å². The highest BCUT2D eigenvalue weighted by Crippen LogP contribution is 2.24. The first-order chi connectivity index (χ1) is 12.8. The van der Waals surface area contributed by atoms with Crippen molar-refractivity contribution in [2.24, 2.45) is 0 Å². The lowest BCUT2D eigenvalue weighted by Gasteiger charge is -2.06. The van der Waals surface area contributed by atoms with Gasteiger partial charge in [-0.1, -0.05) is 11.6 Å². The third-order valence-corrected chi connectivity index (χ3v) is 3.76. The van der Waals surface area contributed by atoms with Crippen LogP contribution in [0.15, 0.2) is 48.0 Å². The summed E-state index contributed by atoms with van der Waals surface area (Å²) in [7, 11) is 1.25. The number of nitro groups is 1. The van der Waals surface area contributed by atoms with Crippen LogP contribution in [-0.4, -0.2) is 23.9 Å². The summed E-state index contributed by atoms with van der Waals surface area (Å²) in [5.41, 5.74) is 0.295. The molecule has 0 saturated carbocycles. The molecule has 0 atom stereocenters. The van der Waals surface area contributed by atoms with Crippen LogP contribution in [0.3, 0.4) is 0 Å². The predicted octanol–water partition coefficient (Wildman–Crippen LogP) is 3.58. The number of non-ortho nitro benzene ring substituents is 1. The average Bonchev–Trinajstić information content (AvgIpc) is 2.66. The number of hydrogen-bond acceptors (Lipinski definition) is 6. The van der Waals surface area contributed by atoms with Gasteiger partial charge in [-0.15, -0.1) is 0 Å². The van der Waals surface area contributed by atoms with Crippen LogP contribution in [0.1, 0.15) is 15.9 Å². The lowest BCUT2D eigenvalue weighted by atomic mass is 10.1. The largest absolute Gasteiger partial charge is 0.465 e. The molecular formula is C18H12ClN3O5. The van der Waals surface area contributed by atoms with Crippen molar-refractivity contribution in [3.05, 3.63) is 74.3 Å². The number of nitrogens with zero attached hydrogens (tertiary/aromatic N) is 2. The Morgan fingerprint density at radius 2 is 1.93 bits per heavy atom. The SMILES string of the molecule is COC(=O)c1ccc(NC(=O)/C(C#N)=C\c2cc([N+](=O)[O-])ccc2Cl)cc1. The fraction of sp³-hybridized carbons (Fsp3) is 0.0556. The molecule has 0 spiro atoms. The Kier molecular flexibility index (Phi) is 6.25. The van der Waals surface area contributed by atoms with E-state index in [0.717, 1.165) is 12.1 Å². The van der Waals surface area contributed by atoms with Gasteiger partial charge in [0, 0.05) is 28.4 Å². The Labute approximate surface area is 158 Å². The number of ether oxygens (including phenoxy) is 1. The van der Waals surface area contributed by atoms with Gasteiger partial charge in [-0.3, -0.25) is 14.9 Å². The van der Waals surface area contributed by atoms with Crippen LogP contribution in [0, 0.1) is 21.4 Å². The molecule has 0 aliphatic heterocycles. The molecule has 0 aliphatic carbocycles. The van der Waals surface area contributed by atoms with Gasteiger partial charge in [-0.05, 0) is 36.4 Å². The Morgan fingerprint density at radius 1 is 1.26 bits per heavy atom. The van der Waals surface area contributed by atoms with E-state index in [4.69, 9.17) is 11.6 Å². The fourth-order valence-electron chi connectivity index (χ4n) is 2.07. The number of amides is 1. The zero-order chi connectivity index (χ0) is 20.0. The van der Waals surface area contributed by atoms with Gasteiger partial charge in [-0.25, -0.2) is 4.79 Å². The van der Waals surface area contributed by atoms with Gasteiger partial charge in [0.25, 0.3) is 11.6 Å². The first kappa shape index (κ1) is 19.6. The highest BCUT2D eigenvalue weighted by Gasteiger charge is 2.14. The number of nitrogens with one attached hydrogen (secondary N) is 1. The molecule has 136 valence electrons. The van der Waals surface area contributed by atoms with Gasteiger partial charge >= 0.3 is 5.97 Å². The maximum absolute atomic E-state index is 12.3. The molecular weight excluding hydrogens is 374 g/mol. The minimum absolute atomic E-state index is 0.156. The second-order valence-electron chi connectivity index (χ2n) is 5.16. The normalized spacial score (nSPS) is 10.6. The van der Waals surface area contributed by atoms with Crippen molar-refractivity contribution in [2.45, 2.75) is 0 Å². The van der Waals surface area contributed by atoms with Gasteiger partial charge < -0.3 is 10.1 Å². The molecule has 2 aromatic rings. The molecule has 0 radical (unpaired) electrons. The Morgan fingerprint density at radius 3 is 2.48 bits per heavy atom. The summed E-state index contributed by atoms with van der Waals surface area (Å²) in [5.74, 6) is -1.25. The molecule has 0 fully saturated rings. The predicted molar refractivity (Wildman–Crippen MR) is 98.1 cm³/mol. The van der Waals surface area contributed by atoms with Gasteiger partial charge in [0.1, 0.15) is 11.6 Å². The van der Waals surface area contributed by atoms with Gasteiger partial charge in [0.05, 0.1) is 17.6 Å². The van der Waals surface area contributed by atoms with Gasteiger partial charge in [0.15, 0.2) is 0 Å². The summed E-state index contributed by atoms with van der Waals surface area (Å²) < 4.78 is 4.58. The molecule has 0 bridgehead atoms. The maximum atomic E-state index is 12.3. The van der Waals surface area contributed by atoms with Crippen molar-refractivity contribution in [1.82, 2.24) is 0 Å². The number of nitriles is 1. The number of anilines is 1. The maximum Gasteiger partial charge on any atom is 0.337 e. The van der Waals surface area contributed by atoms with Crippen LogP contribution in [-0.2, 0) is 9.53 Å². The van der Waals surface area contributed by atoms with E-state index in [-0.39, 0.29) is 21.8 Å². The minimum Gasteiger partial charge on any atom is -0.465 e. The molecule has 0 heterocycles. The lowest BCUT2D eigenvalue weighted by Crippen LogP contribution is -2.13. The summed E-state index contributed by atoms with van der Waals surface area (Å²) in [6, 6.07) is 11.3. The van der Waals surface area contributed by atoms with E-state index >= 15 is 0 Å². The summed E-state index contributed by atoms with van der Waals surface area (Å²) >= 11 is 5.98. The Hall–Kier alpha value is -3.70. The quantitative estimate of drug-likeness (QED) is 0.276. The number of benzene rings is 2. The van der Waals surface area contributed by atoms with Crippen LogP contribution in [0.5, 0.6) is 0 Å². The van der Waals surface area contributed by atoms with E-state index in [0.29, 0.717) is 11.3 Å². The van der Waals surface area contributed by atoms with E-state index in [1.807, 2.05) is 0 Å². The van der Waals surface area contributed by atoms with Crippen molar-refractivity contribution in [2.75, 3.05) is 12.4 Å². The summed E-state index contributed by atoms with van der Waals surface area (Å²) in [6.45, 7) is 0. The Balaban J connectivity index is 2.25. The van der Waals surface area contributed by atoms with Crippen molar-refractivity contribution in [3.8, 4) is 6.07 Å². The first-order valence-electron chi connectivity index (χ1n) is 7.41. The molecule has 2 rings (SSSR count). The summed E-state index contributed by atoms with van der Waals surface area (Å²) in [5, 5.41) is 22.7. The zero-order valence-electron chi connectivity index (χ0n) is 13.9. The fourth-order valence-corrected chi connectivity index (χ4v) is 2.24. The number of carbonyl (C=O) groups excluding carboxylic acids is 2. The number of methoxy groups -OCH3 is 1. The zero-order valence-corrected chi connectivity index (χ0v) is 14.7. The molecule has 8 nitrogen and oxygen atoms in total. The number of hydrogen-bond donors (Lipinski definition) is 1. The van der Waals surface area contributed by atoms with Crippen molar-refractivity contribution in [1.29, 1.82) is 5.26 Å². The lowest BCUT2D eigenvalue weighted by molar-refractivity contribution is -0.384. The summed E-state index contributed by atoms with van der Waals surface area (Å²) in [4.78, 5) is 33.9. The van der Waals surface area contributed by atoms with Crippen molar-refractivity contribution < 1.29 is 19.2 Å². The number of nitro benzene ring substituents is 1. The molecule has 0 unspecified atom stereocenters. The number of carbonyl (C=O) groups is 2. The first-order valence-corrected chi connectivity index (χ1v) is 7.79. The van der Waals surface area contributed by atoms with Crippen LogP contribution in [0.2, 0.25) is 5.02 Å². The van der Waals surface area contributed by atoms with Crippen molar-refractivity contribution in [3.63, 3.8) is 0 Å². The highest BCUT2D eigenvalue weighted by molar-refractivity contribution is 6.32. The van der Waals surface area contributed by atoms with Crippen LogP contribution >= 0.6 is 11.6 Å². The molecule has 1 amide bonds. The third kappa shape index (κ3) is 4.90. The van der Waals surface area contributed by atoms with E-state index in [1.54, 1.807) is 6.07 Å². The van der Waals surface area contributed by atoms with Gasteiger partial charge in [-0.2, -0.15) is 5.26 Å². The molecule has 1 N–H and O–H groups in total. The van der Waals surface area contributed by atoms with Crippen LogP contribution < -0.4 is 5.32 Å². The number of halogens is 1. The van der Waals surface area contributed by atoms with E-state index in [1.165, 1.54) is 43.5 Å². The average molecular weight is 386 g/mol. The van der Waals surface area contributed by atoms with Crippen LogP contribution in [0.4, 0.5) is 11.4 Å². The van der Waals surface area contributed by atoms with Crippen LogP contribution in [0.25, 0.3) is 6.08 Å². The molecule has 9 heteroatoms. The van der Waals surface area contributed by atoms with E-state index in [9.17, 15) is 25.0 Å². The topological polar surface area (TPSA) is 122 Å². The number of esters is 1. The Bertz CT molecular complexity index is 977. The standard InChI is InChI=1S/C18H12ClN3O5/c1-27-18(24)11-2-4-14(5-3-11)21-17(23)13(10-20)8-12-9-15(22(25)26)6-7-16(12)19/h2-9H,1H3,(H,21,23)/b13-8-. The third-order valence-electron chi connectivity index (χ3n) is 3.42. The second kappa shape index (κ2) is 8.60. The molecule has 0 saturated heterocycles. The minimum atomic E-state index is -0.731.